The molecule has 0 heterocycles. The quantitative estimate of drug-likeness (QED) is 0.373. The molecule has 2 aromatic rings. The van der Waals surface area contributed by atoms with E-state index in [1.165, 1.54) is 7.05 Å². The lowest BCUT2D eigenvalue weighted by molar-refractivity contribution is -0.159. The first-order chi connectivity index (χ1) is 19.0. The number of hydrogen-bond acceptors (Lipinski definition) is 7. The van der Waals surface area contributed by atoms with Crippen LogP contribution in [0.4, 0.5) is 4.79 Å². The van der Waals surface area contributed by atoms with Gasteiger partial charge in [-0.15, -0.1) is 0 Å². The zero-order valence-corrected chi connectivity index (χ0v) is 25.2. The van der Waals surface area contributed by atoms with Gasteiger partial charge in [-0.1, -0.05) is 54.6 Å². The number of carbonyl (C=O) groups is 4. The van der Waals surface area contributed by atoms with Gasteiger partial charge in [-0.2, -0.15) is 0 Å². The van der Waals surface area contributed by atoms with Crippen LogP contribution in [0.3, 0.4) is 0 Å². The van der Waals surface area contributed by atoms with Gasteiger partial charge < -0.3 is 30.1 Å². The molecule has 10 nitrogen and oxygen atoms in total. The fourth-order valence-electron chi connectivity index (χ4n) is 4.09. The van der Waals surface area contributed by atoms with Crippen LogP contribution in [-0.4, -0.2) is 70.8 Å². The fraction of sp³-hybridized carbons (Fsp3) is 0.484. The highest BCUT2D eigenvalue weighted by atomic mass is 16.6. The fourth-order valence-corrected chi connectivity index (χ4v) is 4.09. The van der Waals surface area contributed by atoms with Crippen LogP contribution in [0.2, 0.25) is 0 Å². The minimum Gasteiger partial charge on any atom is -0.458 e. The van der Waals surface area contributed by atoms with Crippen molar-refractivity contribution in [3.8, 4) is 0 Å². The molecular weight excluding hydrogens is 526 g/mol. The Bertz CT molecular complexity index is 1200. The zero-order chi connectivity index (χ0) is 31.0. The standard InChI is InChI=1S/C31H43N3O7/c1-20-14-12-13-17-22(20)25(34(8)27(37)24(19-35)33-29(39)41-31(5,6)7)26(36)32-23(28(38)40-30(2,3)4)18-21-15-10-9-11-16-21/h9-17,23-25,35H,18-19H2,1-8H3,(H,32,36)(H,33,39). The van der Waals surface area contributed by atoms with Gasteiger partial charge in [0.2, 0.25) is 11.8 Å². The molecule has 0 radical (unpaired) electrons. The number of carbonyl (C=O) groups excluding carboxylic acids is 4. The summed E-state index contributed by atoms with van der Waals surface area (Å²) in [6.45, 7) is 11.3. The molecule has 224 valence electrons. The number of esters is 1. The summed E-state index contributed by atoms with van der Waals surface area (Å²) in [6.07, 6.45) is -0.720. The largest absolute Gasteiger partial charge is 0.458 e. The molecule has 10 heteroatoms. The van der Waals surface area contributed by atoms with E-state index in [9.17, 15) is 24.3 Å². The number of amides is 3. The van der Waals surface area contributed by atoms with Gasteiger partial charge in [0, 0.05) is 13.5 Å². The molecule has 3 unspecified atom stereocenters. The second kappa shape index (κ2) is 14.1. The number of nitrogens with one attached hydrogen (secondary N) is 2. The Morgan fingerprint density at radius 3 is 1.93 bits per heavy atom. The maximum atomic E-state index is 13.9. The van der Waals surface area contributed by atoms with E-state index in [0.29, 0.717) is 5.56 Å². The van der Waals surface area contributed by atoms with Crippen molar-refractivity contribution >= 4 is 23.9 Å². The Kier molecular flexibility index (Phi) is 11.5. The van der Waals surface area contributed by atoms with Crippen molar-refractivity contribution in [3.63, 3.8) is 0 Å². The van der Waals surface area contributed by atoms with Crippen LogP contribution in [0, 0.1) is 6.92 Å². The molecule has 0 saturated heterocycles. The molecule has 0 fully saturated rings. The monoisotopic (exact) mass is 569 g/mol. The molecule has 0 aliphatic carbocycles. The molecule has 0 aliphatic heterocycles. The van der Waals surface area contributed by atoms with E-state index in [0.717, 1.165) is 16.0 Å². The number of alkyl carbamates (subject to hydrolysis) is 1. The average molecular weight is 570 g/mol. The molecule has 3 N–H and O–H groups in total. The number of benzene rings is 2. The Morgan fingerprint density at radius 2 is 1.39 bits per heavy atom. The molecule has 41 heavy (non-hydrogen) atoms. The van der Waals surface area contributed by atoms with Crippen LogP contribution < -0.4 is 10.6 Å². The molecule has 3 amide bonds. The Balaban J connectivity index is 2.42. The summed E-state index contributed by atoms with van der Waals surface area (Å²) in [5.74, 6) is -1.97. The van der Waals surface area contributed by atoms with Crippen LogP contribution >= 0.6 is 0 Å². The van der Waals surface area contributed by atoms with E-state index in [2.05, 4.69) is 10.6 Å². The smallest absolute Gasteiger partial charge is 0.408 e. The SMILES string of the molecule is Cc1ccccc1C(C(=O)NC(Cc1ccccc1)C(=O)OC(C)(C)C)N(C)C(=O)C(CO)NC(=O)OC(C)(C)C. The normalized spacial score (nSPS) is 13.8. The summed E-state index contributed by atoms with van der Waals surface area (Å²) in [6, 6.07) is 12.6. The van der Waals surface area contributed by atoms with Crippen LogP contribution in [0.25, 0.3) is 0 Å². The minimum atomic E-state index is -1.37. The average Bonchev–Trinajstić information content (AvgIpc) is 2.86. The predicted molar refractivity (Wildman–Crippen MR) is 155 cm³/mol. The van der Waals surface area contributed by atoms with Gasteiger partial charge in [0.05, 0.1) is 6.61 Å². The summed E-state index contributed by atoms with van der Waals surface area (Å²) in [5.41, 5.74) is 0.434. The Morgan fingerprint density at radius 1 is 0.829 bits per heavy atom. The molecule has 0 saturated carbocycles. The number of aliphatic hydroxyl groups is 1. The maximum Gasteiger partial charge on any atom is 0.408 e. The molecule has 0 aliphatic rings. The zero-order valence-electron chi connectivity index (χ0n) is 25.2. The lowest BCUT2D eigenvalue weighted by Crippen LogP contribution is -2.55. The second-order valence-corrected chi connectivity index (χ2v) is 11.9. The van der Waals surface area contributed by atoms with Gasteiger partial charge in [-0.05, 0) is 65.2 Å². The third-order valence-corrected chi connectivity index (χ3v) is 5.93. The third-order valence-electron chi connectivity index (χ3n) is 5.93. The molecule has 2 rings (SSSR count). The van der Waals surface area contributed by atoms with Gasteiger partial charge in [-0.25, -0.2) is 9.59 Å². The first-order valence-corrected chi connectivity index (χ1v) is 13.5. The predicted octanol–water partition coefficient (Wildman–Crippen LogP) is 3.45. The summed E-state index contributed by atoms with van der Waals surface area (Å²) in [5, 5.41) is 15.1. The molecule has 0 aromatic heterocycles. The minimum absolute atomic E-state index is 0.166. The number of rotatable bonds is 10. The molecule has 0 bridgehead atoms. The van der Waals surface area contributed by atoms with Gasteiger partial charge in [-0.3, -0.25) is 9.59 Å². The molecule has 0 spiro atoms. The molecule has 2 aromatic carbocycles. The Labute approximate surface area is 242 Å². The van der Waals surface area contributed by atoms with Crippen molar-refractivity contribution in [2.45, 2.75) is 84.2 Å². The van der Waals surface area contributed by atoms with E-state index < -0.39 is 59.8 Å². The van der Waals surface area contributed by atoms with Gasteiger partial charge in [0.1, 0.15) is 29.3 Å². The number of nitrogens with zero attached hydrogens (tertiary/aromatic N) is 1. The molecule has 3 atom stereocenters. The van der Waals surface area contributed by atoms with E-state index in [-0.39, 0.29) is 6.42 Å². The lowest BCUT2D eigenvalue weighted by atomic mass is 9.97. The number of aryl methyl sites for hydroxylation is 1. The van der Waals surface area contributed by atoms with E-state index in [1.54, 1.807) is 72.7 Å². The summed E-state index contributed by atoms with van der Waals surface area (Å²) < 4.78 is 10.8. The van der Waals surface area contributed by atoms with Crippen LogP contribution in [-0.2, 0) is 30.3 Å². The van der Waals surface area contributed by atoms with Gasteiger partial charge in [0.25, 0.3) is 0 Å². The van der Waals surface area contributed by atoms with Crippen molar-refractivity contribution < 1.29 is 33.8 Å². The van der Waals surface area contributed by atoms with Crippen molar-refractivity contribution in [1.29, 1.82) is 0 Å². The van der Waals surface area contributed by atoms with Crippen LogP contribution in [0.1, 0.15) is 64.3 Å². The van der Waals surface area contributed by atoms with Crippen LogP contribution in [0.5, 0.6) is 0 Å². The highest BCUT2D eigenvalue weighted by molar-refractivity contribution is 5.94. The van der Waals surface area contributed by atoms with E-state index in [1.807, 2.05) is 30.3 Å². The highest BCUT2D eigenvalue weighted by Gasteiger charge is 2.37. The highest BCUT2D eigenvalue weighted by Crippen LogP contribution is 2.25. The summed E-state index contributed by atoms with van der Waals surface area (Å²) >= 11 is 0. The first-order valence-electron chi connectivity index (χ1n) is 13.5. The first kappa shape index (κ1) is 33.3. The van der Waals surface area contributed by atoms with E-state index >= 15 is 0 Å². The number of aliphatic hydroxyl groups excluding tert-OH is 1. The number of ether oxygens (including phenoxy) is 2. The van der Waals surface area contributed by atoms with Crippen molar-refractivity contribution in [2.24, 2.45) is 0 Å². The number of hydrogen-bond donors (Lipinski definition) is 3. The lowest BCUT2D eigenvalue weighted by Gasteiger charge is -2.33. The Hall–Kier alpha value is -3.92. The van der Waals surface area contributed by atoms with Crippen molar-refractivity contribution in [1.82, 2.24) is 15.5 Å². The maximum absolute atomic E-state index is 13.9. The van der Waals surface area contributed by atoms with Gasteiger partial charge >= 0.3 is 12.1 Å². The van der Waals surface area contributed by atoms with Crippen molar-refractivity contribution in [2.75, 3.05) is 13.7 Å². The summed E-state index contributed by atoms with van der Waals surface area (Å²) in [4.78, 5) is 54.2. The second-order valence-electron chi connectivity index (χ2n) is 11.9. The topological polar surface area (TPSA) is 134 Å². The third kappa shape index (κ3) is 10.5. The van der Waals surface area contributed by atoms with Gasteiger partial charge in [0.15, 0.2) is 0 Å². The molecular formula is C31H43N3O7. The summed E-state index contributed by atoms with van der Waals surface area (Å²) in [7, 11) is 1.40. The van der Waals surface area contributed by atoms with Crippen molar-refractivity contribution in [3.05, 3.63) is 71.3 Å². The number of likely N-dealkylation sites (N-methyl/N-ethyl adjacent to an activating group) is 1. The van der Waals surface area contributed by atoms with Crippen LogP contribution in [0.15, 0.2) is 54.6 Å². The van der Waals surface area contributed by atoms with E-state index in [4.69, 9.17) is 9.47 Å².